The van der Waals surface area contributed by atoms with Gasteiger partial charge in [-0.15, -0.1) is 10.2 Å². The first kappa shape index (κ1) is 15.0. The number of hydrogen-bond acceptors (Lipinski definition) is 3. The van der Waals surface area contributed by atoms with Crippen LogP contribution in [0.5, 0.6) is 5.88 Å². The average Bonchev–Trinajstić information content (AvgIpc) is 2.66. The maximum absolute atomic E-state index is 10.7. The molecule has 0 amide bonds. The van der Waals surface area contributed by atoms with E-state index in [1.54, 1.807) is 0 Å². The average molecular weight is 316 g/mol. The van der Waals surface area contributed by atoms with E-state index in [2.05, 4.69) is 37.1 Å². The van der Waals surface area contributed by atoms with E-state index in [0.717, 1.165) is 22.9 Å². The topological polar surface area (TPSA) is 75.9 Å². The first-order valence-corrected chi connectivity index (χ1v) is 7.73. The maximum Gasteiger partial charge on any atom is 0.221 e. The molecule has 0 aliphatic carbocycles. The van der Waals surface area contributed by atoms with Crippen LogP contribution in [0.25, 0.3) is 10.9 Å². The lowest BCUT2D eigenvalue weighted by molar-refractivity contribution is 0.267. The SMILES string of the molecule is Cc1cc2c3c(c1)c(N=NC(N)=S)c(O)n3C(C)(C)CC2C. The summed E-state index contributed by atoms with van der Waals surface area (Å²) in [5.41, 5.74) is 9.06. The van der Waals surface area contributed by atoms with Gasteiger partial charge in [-0.05, 0) is 57.0 Å². The first-order chi connectivity index (χ1) is 10.2. The fourth-order valence-corrected chi connectivity index (χ4v) is 3.72. The molecule has 3 rings (SSSR count). The van der Waals surface area contributed by atoms with E-state index in [1.165, 1.54) is 5.56 Å². The number of rotatable bonds is 1. The summed E-state index contributed by atoms with van der Waals surface area (Å²) in [6, 6.07) is 4.21. The highest BCUT2D eigenvalue weighted by Crippen LogP contribution is 2.50. The third-order valence-corrected chi connectivity index (χ3v) is 4.46. The van der Waals surface area contributed by atoms with Gasteiger partial charge in [0, 0.05) is 10.9 Å². The van der Waals surface area contributed by atoms with Crippen molar-refractivity contribution in [3.05, 3.63) is 23.3 Å². The molecule has 0 saturated carbocycles. The first-order valence-electron chi connectivity index (χ1n) is 7.32. The van der Waals surface area contributed by atoms with Crippen molar-refractivity contribution in [3.8, 4) is 5.88 Å². The Bertz CT molecular complexity index is 819. The van der Waals surface area contributed by atoms with Gasteiger partial charge in [0.1, 0.15) is 0 Å². The lowest BCUT2D eigenvalue weighted by Crippen LogP contribution is -2.31. The number of benzene rings is 1. The minimum absolute atomic E-state index is 0.0457. The molecule has 116 valence electrons. The van der Waals surface area contributed by atoms with E-state index >= 15 is 0 Å². The van der Waals surface area contributed by atoms with Gasteiger partial charge in [0.25, 0.3) is 0 Å². The third-order valence-electron chi connectivity index (χ3n) is 4.38. The summed E-state index contributed by atoms with van der Waals surface area (Å²) in [6.45, 7) is 8.52. The molecule has 2 aromatic rings. The highest BCUT2D eigenvalue weighted by Gasteiger charge is 2.36. The molecule has 1 atom stereocenters. The normalized spacial score (nSPS) is 19.9. The predicted octanol–water partition coefficient (Wildman–Crippen LogP) is 4.22. The standard InChI is InChI=1S/C16H20N4OS/c1-8-5-10-9(2)7-16(3,4)20-13(10)11(6-8)12(14(20)21)18-19-15(17)22/h5-6,9,21H,7H2,1-4H3,(H2,17,22). The second kappa shape index (κ2) is 4.78. The van der Waals surface area contributed by atoms with Crippen molar-refractivity contribution < 1.29 is 5.11 Å². The van der Waals surface area contributed by atoms with Gasteiger partial charge < -0.3 is 15.4 Å². The second-order valence-corrected chi connectivity index (χ2v) is 7.13. The van der Waals surface area contributed by atoms with Crippen molar-refractivity contribution in [3.63, 3.8) is 0 Å². The fraction of sp³-hybridized carbons (Fsp3) is 0.438. The predicted molar refractivity (Wildman–Crippen MR) is 92.0 cm³/mol. The molecular formula is C16H20N4OS. The molecule has 1 aromatic carbocycles. The largest absolute Gasteiger partial charge is 0.493 e. The highest BCUT2D eigenvalue weighted by atomic mass is 32.1. The molecular weight excluding hydrogens is 296 g/mol. The van der Waals surface area contributed by atoms with Crippen molar-refractivity contribution in [2.24, 2.45) is 16.0 Å². The summed E-state index contributed by atoms with van der Waals surface area (Å²) < 4.78 is 1.96. The van der Waals surface area contributed by atoms with Crippen molar-refractivity contribution in [2.75, 3.05) is 0 Å². The van der Waals surface area contributed by atoms with Gasteiger partial charge in [0.05, 0.1) is 5.52 Å². The van der Waals surface area contributed by atoms with Crippen LogP contribution in [-0.4, -0.2) is 14.8 Å². The third kappa shape index (κ3) is 2.09. The van der Waals surface area contributed by atoms with E-state index in [9.17, 15) is 5.11 Å². The molecule has 0 spiro atoms. The lowest BCUT2D eigenvalue weighted by Gasteiger charge is -2.37. The number of aromatic nitrogens is 1. The summed E-state index contributed by atoms with van der Waals surface area (Å²) in [5.74, 6) is 0.540. The number of aryl methyl sites for hydroxylation is 1. The van der Waals surface area contributed by atoms with E-state index in [-0.39, 0.29) is 16.5 Å². The van der Waals surface area contributed by atoms with Crippen molar-refractivity contribution in [1.82, 2.24) is 4.57 Å². The van der Waals surface area contributed by atoms with Crippen LogP contribution in [0.1, 0.15) is 44.2 Å². The summed E-state index contributed by atoms with van der Waals surface area (Å²) >= 11 is 4.75. The number of aromatic hydroxyl groups is 1. The van der Waals surface area contributed by atoms with Crippen LogP contribution >= 0.6 is 12.2 Å². The Kier molecular flexibility index (Phi) is 3.25. The molecule has 5 nitrogen and oxygen atoms in total. The molecule has 1 unspecified atom stereocenters. The van der Waals surface area contributed by atoms with E-state index in [1.807, 2.05) is 17.6 Å². The molecule has 1 aromatic heterocycles. The van der Waals surface area contributed by atoms with Crippen molar-refractivity contribution in [2.45, 2.75) is 45.6 Å². The van der Waals surface area contributed by atoms with Crippen LogP contribution in [0.3, 0.4) is 0 Å². The molecule has 1 aliphatic rings. The van der Waals surface area contributed by atoms with Crippen LogP contribution < -0.4 is 5.73 Å². The number of nitrogens with two attached hydrogens (primary N) is 1. The molecule has 0 bridgehead atoms. The Balaban J connectivity index is 2.44. The minimum Gasteiger partial charge on any atom is -0.493 e. The van der Waals surface area contributed by atoms with E-state index in [4.69, 9.17) is 18.0 Å². The van der Waals surface area contributed by atoms with Gasteiger partial charge in [-0.2, -0.15) is 0 Å². The van der Waals surface area contributed by atoms with E-state index < -0.39 is 0 Å². The zero-order valence-corrected chi connectivity index (χ0v) is 14.0. The molecule has 22 heavy (non-hydrogen) atoms. The second-order valence-electron chi connectivity index (χ2n) is 6.71. The smallest absolute Gasteiger partial charge is 0.221 e. The Morgan fingerprint density at radius 1 is 1.45 bits per heavy atom. The number of nitrogens with zero attached hydrogens (tertiary/aromatic N) is 3. The van der Waals surface area contributed by atoms with Crippen molar-refractivity contribution in [1.29, 1.82) is 0 Å². The molecule has 6 heteroatoms. The number of hydrogen-bond donors (Lipinski definition) is 2. The van der Waals surface area contributed by atoms with Gasteiger partial charge in [-0.25, -0.2) is 0 Å². The maximum atomic E-state index is 10.7. The Hall–Kier alpha value is -1.95. The molecule has 0 saturated heterocycles. The number of thiocarbonyl (C=S) groups is 1. The van der Waals surface area contributed by atoms with Gasteiger partial charge in [0.15, 0.2) is 5.69 Å². The molecule has 1 aliphatic heterocycles. The van der Waals surface area contributed by atoms with Crippen LogP contribution in [0.2, 0.25) is 0 Å². The van der Waals surface area contributed by atoms with Gasteiger partial charge in [-0.3, -0.25) is 0 Å². The molecule has 2 heterocycles. The lowest BCUT2D eigenvalue weighted by atomic mass is 9.82. The Morgan fingerprint density at radius 3 is 2.77 bits per heavy atom. The van der Waals surface area contributed by atoms with Gasteiger partial charge >= 0.3 is 0 Å². The molecule has 0 fully saturated rings. The monoisotopic (exact) mass is 316 g/mol. The zero-order chi connectivity index (χ0) is 16.2. The van der Waals surface area contributed by atoms with E-state index in [0.29, 0.717) is 11.6 Å². The number of azo groups is 1. The van der Waals surface area contributed by atoms with Crippen molar-refractivity contribution >= 4 is 33.9 Å². The quantitative estimate of drug-likeness (QED) is 0.611. The van der Waals surface area contributed by atoms with Crippen LogP contribution in [0, 0.1) is 6.92 Å². The summed E-state index contributed by atoms with van der Waals surface area (Å²) in [7, 11) is 0. The van der Waals surface area contributed by atoms with Crippen LogP contribution in [0.15, 0.2) is 22.4 Å². The summed E-state index contributed by atoms with van der Waals surface area (Å²) in [6.07, 6.45) is 0.951. The molecule has 0 radical (unpaired) electrons. The highest BCUT2D eigenvalue weighted by molar-refractivity contribution is 7.80. The Morgan fingerprint density at radius 2 is 2.14 bits per heavy atom. The van der Waals surface area contributed by atoms with Gasteiger partial charge in [-0.1, -0.05) is 18.6 Å². The van der Waals surface area contributed by atoms with Crippen LogP contribution in [0.4, 0.5) is 5.69 Å². The Labute approximate surface area is 134 Å². The summed E-state index contributed by atoms with van der Waals surface area (Å²) in [4.78, 5) is 0. The van der Waals surface area contributed by atoms with Gasteiger partial charge in [0.2, 0.25) is 11.0 Å². The zero-order valence-electron chi connectivity index (χ0n) is 13.2. The summed E-state index contributed by atoms with van der Waals surface area (Å²) in [5, 5.41) is 19.4. The minimum atomic E-state index is -0.193. The molecule has 3 N–H and O–H groups in total. The fourth-order valence-electron chi connectivity index (χ4n) is 3.68. The van der Waals surface area contributed by atoms with Crippen LogP contribution in [-0.2, 0) is 5.54 Å².